The lowest BCUT2D eigenvalue weighted by Gasteiger charge is -2.32. The predicted molar refractivity (Wildman–Crippen MR) is 87.8 cm³/mol. The van der Waals surface area contributed by atoms with Gasteiger partial charge in [-0.3, -0.25) is 0 Å². The smallest absolute Gasteiger partial charge is 0.0325 e. The Hall–Kier alpha value is -0.820. The van der Waals surface area contributed by atoms with Crippen LogP contribution in [0.4, 0.5) is 0 Å². The van der Waals surface area contributed by atoms with Gasteiger partial charge in [0, 0.05) is 12.1 Å². The van der Waals surface area contributed by atoms with Crippen LogP contribution in [0.5, 0.6) is 0 Å². The molecule has 1 aliphatic carbocycles. The quantitative estimate of drug-likeness (QED) is 0.738. The Balaban J connectivity index is 1.99. The fraction of sp³-hybridized carbons (Fsp3) is 0.684. The van der Waals surface area contributed by atoms with Gasteiger partial charge in [0.25, 0.3) is 0 Å². The molecular weight excluding hydrogens is 242 g/mol. The van der Waals surface area contributed by atoms with Crippen molar-refractivity contribution in [1.29, 1.82) is 0 Å². The molecule has 112 valence electrons. The first-order valence-corrected chi connectivity index (χ1v) is 8.48. The molecule has 0 saturated heterocycles. The minimum Gasteiger partial charge on any atom is -0.307 e. The van der Waals surface area contributed by atoms with Crippen LogP contribution in [0, 0.1) is 11.8 Å². The summed E-state index contributed by atoms with van der Waals surface area (Å²) in [6.45, 7) is 7.04. The summed E-state index contributed by atoms with van der Waals surface area (Å²) in [5, 5.41) is 3.93. The molecule has 1 saturated carbocycles. The van der Waals surface area contributed by atoms with Crippen molar-refractivity contribution in [2.45, 2.75) is 71.4 Å². The highest BCUT2D eigenvalue weighted by Gasteiger charge is 2.23. The van der Waals surface area contributed by atoms with E-state index < -0.39 is 0 Å². The molecule has 0 heterocycles. The lowest BCUT2D eigenvalue weighted by Crippen LogP contribution is -2.37. The van der Waals surface area contributed by atoms with Gasteiger partial charge in [0.2, 0.25) is 0 Å². The van der Waals surface area contributed by atoms with Crippen molar-refractivity contribution >= 4 is 0 Å². The van der Waals surface area contributed by atoms with Gasteiger partial charge in [-0.2, -0.15) is 0 Å². The molecule has 1 fully saturated rings. The summed E-state index contributed by atoms with van der Waals surface area (Å²) in [7, 11) is 0. The number of benzene rings is 1. The van der Waals surface area contributed by atoms with Crippen LogP contribution in [0.15, 0.2) is 30.3 Å². The standard InChI is InChI=1S/C19H31N/c1-15(2)14-19(18-12-8-5-9-13-18)20-16(3)17-10-6-4-7-11-17/h5,8-9,12-13,15-17,19-20H,4,6-7,10-11,14H2,1-3H3/t16-,19?/m1/s1. The summed E-state index contributed by atoms with van der Waals surface area (Å²) >= 11 is 0. The van der Waals surface area contributed by atoms with Crippen molar-refractivity contribution < 1.29 is 0 Å². The van der Waals surface area contributed by atoms with E-state index in [9.17, 15) is 0 Å². The summed E-state index contributed by atoms with van der Waals surface area (Å²) in [4.78, 5) is 0. The second-order valence-corrected chi connectivity index (χ2v) is 6.95. The van der Waals surface area contributed by atoms with Gasteiger partial charge >= 0.3 is 0 Å². The monoisotopic (exact) mass is 273 g/mol. The van der Waals surface area contributed by atoms with Crippen molar-refractivity contribution in [3.8, 4) is 0 Å². The Morgan fingerprint density at radius 1 is 1.00 bits per heavy atom. The van der Waals surface area contributed by atoms with E-state index in [1.165, 1.54) is 44.1 Å². The van der Waals surface area contributed by atoms with Gasteiger partial charge in [0.1, 0.15) is 0 Å². The lowest BCUT2D eigenvalue weighted by molar-refractivity contribution is 0.254. The maximum atomic E-state index is 3.93. The Bertz CT molecular complexity index is 365. The maximum Gasteiger partial charge on any atom is 0.0325 e. The van der Waals surface area contributed by atoms with Gasteiger partial charge in [-0.15, -0.1) is 0 Å². The number of rotatable bonds is 6. The minimum absolute atomic E-state index is 0.508. The first kappa shape index (κ1) is 15.6. The predicted octanol–water partition coefficient (Wildman–Crippen LogP) is 5.33. The fourth-order valence-corrected chi connectivity index (χ4v) is 3.54. The van der Waals surface area contributed by atoms with Crippen molar-refractivity contribution in [2.24, 2.45) is 11.8 Å². The highest BCUT2D eigenvalue weighted by molar-refractivity contribution is 5.19. The van der Waals surface area contributed by atoms with E-state index in [4.69, 9.17) is 0 Å². The third kappa shape index (κ3) is 4.63. The molecule has 1 aliphatic rings. The lowest BCUT2D eigenvalue weighted by atomic mass is 9.83. The van der Waals surface area contributed by atoms with Crippen LogP contribution < -0.4 is 5.32 Å². The van der Waals surface area contributed by atoms with Gasteiger partial charge in [-0.1, -0.05) is 63.4 Å². The molecule has 0 radical (unpaired) electrons. The zero-order valence-electron chi connectivity index (χ0n) is 13.4. The molecular formula is C19H31N. The molecule has 1 nitrogen and oxygen atoms in total. The van der Waals surface area contributed by atoms with Gasteiger partial charge in [-0.25, -0.2) is 0 Å². The van der Waals surface area contributed by atoms with Crippen molar-refractivity contribution in [1.82, 2.24) is 5.32 Å². The van der Waals surface area contributed by atoms with Gasteiger partial charge in [0.15, 0.2) is 0 Å². The molecule has 0 spiro atoms. The molecule has 0 aromatic heterocycles. The molecule has 1 aromatic carbocycles. The highest BCUT2D eigenvalue weighted by atomic mass is 15.0. The molecule has 0 bridgehead atoms. The highest BCUT2D eigenvalue weighted by Crippen LogP contribution is 2.29. The molecule has 20 heavy (non-hydrogen) atoms. The topological polar surface area (TPSA) is 12.0 Å². The summed E-state index contributed by atoms with van der Waals surface area (Å²) in [6, 6.07) is 12.1. The largest absolute Gasteiger partial charge is 0.307 e. The Morgan fingerprint density at radius 3 is 2.25 bits per heavy atom. The van der Waals surface area contributed by atoms with Gasteiger partial charge < -0.3 is 5.32 Å². The molecule has 1 unspecified atom stereocenters. The van der Waals surface area contributed by atoms with E-state index in [0.717, 1.165) is 11.8 Å². The van der Waals surface area contributed by atoms with Crippen LogP contribution in [0.25, 0.3) is 0 Å². The maximum absolute atomic E-state index is 3.93. The van der Waals surface area contributed by atoms with Crippen LogP contribution >= 0.6 is 0 Å². The molecule has 1 heteroatoms. The van der Waals surface area contributed by atoms with E-state index in [1.807, 2.05) is 0 Å². The van der Waals surface area contributed by atoms with E-state index in [-0.39, 0.29) is 0 Å². The summed E-state index contributed by atoms with van der Waals surface area (Å²) < 4.78 is 0. The fourth-order valence-electron chi connectivity index (χ4n) is 3.54. The van der Waals surface area contributed by atoms with E-state index in [2.05, 4.69) is 56.4 Å². The van der Waals surface area contributed by atoms with Gasteiger partial charge in [-0.05, 0) is 43.6 Å². The second-order valence-electron chi connectivity index (χ2n) is 6.95. The van der Waals surface area contributed by atoms with E-state index in [1.54, 1.807) is 0 Å². The molecule has 1 N–H and O–H groups in total. The SMILES string of the molecule is CC(C)CC(N[C@H](C)C1CCCCC1)c1ccccc1. The van der Waals surface area contributed by atoms with E-state index >= 15 is 0 Å². The van der Waals surface area contributed by atoms with E-state index in [0.29, 0.717) is 12.1 Å². The summed E-state index contributed by atoms with van der Waals surface area (Å²) in [5.74, 6) is 1.60. The van der Waals surface area contributed by atoms with Crippen LogP contribution in [0.2, 0.25) is 0 Å². The average Bonchev–Trinajstić information content (AvgIpc) is 2.48. The summed E-state index contributed by atoms with van der Waals surface area (Å²) in [5.41, 5.74) is 1.45. The first-order valence-electron chi connectivity index (χ1n) is 8.48. The Labute approximate surface area is 125 Å². The zero-order valence-corrected chi connectivity index (χ0v) is 13.4. The number of hydrogen-bond acceptors (Lipinski definition) is 1. The Kier molecular flexibility index (Phi) is 6.09. The van der Waals surface area contributed by atoms with Crippen molar-refractivity contribution in [2.75, 3.05) is 0 Å². The van der Waals surface area contributed by atoms with Crippen molar-refractivity contribution in [3.63, 3.8) is 0 Å². The minimum atomic E-state index is 0.508. The number of nitrogens with one attached hydrogen (secondary N) is 1. The van der Waals surface area contributed by atoms with Crippen LogP contribution in [-0.4, -0.2) is 6.04 Å². The van der Waals surface area contributed by atoms with Gasteiger partial charge in [0.05, 0.1) is 0 Å². The Morgan fingerprint density at radius 2 is 1.65 bits per heavy atom. The third-order valence-corrected chi connectivity index (χ3v) is 4.73. The molecule has 2 atom stereocenters. The molecule has 0 amide bonds. The van der Waals surface area contributed by atoms with Crippen LogP contribution in [0.3, 0.4) is 0 Å². The molecule has 0 aliphatic heterocycles. The van der Waals surface area contributed by atoms with Crippen LogP contribution in [0.1, 0.15) is 70.9 Å². The number of hydrogen-bond donors (Lipinski definition) is 1. The first-order chi connectivity index (χ1) is 9.66. The average molecular weight is 273 g/mol. The van der Waals surface area contributed by atoms with Crippen LogP contribution in [-0.2, 0) is 0 Å². The third-order valence-electron chi connectivity index (χ3n) is 4.73. The zero-order chi connectivity index (χ0) is 14.4. The molecule has 2 rings (SSSR count). The normalized spacial score (nSPS) is 20.0. The van der Waals surface area contributed by atoms with Crippen molar-refractivity contribution in [3.05, 3.63) is 35.9 Å². The summed E-state index contributed by atoms with van der Waals surface area (Å²) in [6.07, 6.45) is 8.35. The molecule has 1 aromatic rings. The second kappa shape index (κ2) is 7.83.